The van der Waals surface area contributed by atoms with Gasteiger partial charge >= 0.3 is 11.9 Å². The number of esters is 2. The first-order valence-electron chi connectivity index (χ1n) is 5.95. The summed E-state index contributed by atoms with van der Waals surface area (Å²) >= 11 is 11.4. The molecule has 21 heavy (non-hydrogen) atoms. The van der Waals surface area contributed by atoms with Gasteiger partial charge in [-0.1, -0.05) is 23.2 Å². The molecule has 2 rings (SSSR count). The molecule has 108 valence electrons. The second-order valence-corrected chi connectivity index (χ2v) is 4.91. The van der Waals surface area contributed by atoms with Crippen molar-refractivity contribution in [1.29, 1.82) is 0 Å². The first-order chi connectivity index (χ1) is 10.0. The Morgan fingerprint density at radius 3 is 1.38 bits per heavy atom. The van der Waals surface area contributed by atoms with Crippen LogP contribution in [0.5, 0.6) is 11.5 Å². The summed E-state index contributed by atoms with van der Waals surface area (Å²) in [5, 5.41) is 1.05. The lowest BCUT2D eigenvalue weighted by Crippen LogP contribution is -2.18. The molecule has 0 saturated heterocycles. The molecule has 0 saturated carbocycles. The van der Waals surface area contributed by atoms with Crippen molar-refractivity contribution in [3.05, 3.63) is 58.6 Å². The smallest absolute Gasteiger partial charge is 0.322 e. The molecule has 2 aromatic rings. The van der Waals surface area contributed by atoms with E-state index in [4.69, 9.17) is 32.7 Å². The summed E-state index contributed by atoms with van der Waals surface area (Å²) < 4.78 is 9.95. The second kappa shape index (κ2) is 7.11. The van der Waals surface area contributed by atoms with Gasteiger partial charge < -0.3 is 9.47 Å². The average molecular weight is 325 g/mol. The highest BCUT2D eigenvalue weighted by Crippen LogP contribution is 2.17. The molecule has 4 nitrogen and oxygen atoms in total. The van der Waals surface area contributed by atoms with Gasteiger partial charge in [0.1, 0.15) is 17.9 Å². The number of rotatable bonds is 4. The summed E-state index contributed by atoms with van der Waals surface area (Å²) in [6.07, 6.45) is -0.495. The van der Waals surface area contributed by atoms with E-state index in [1.54, 1.807) is 24.3 Å². The van der Waals surface area contributed by atoms with Gasteiger partial charge in [-0.25, -0.2) is 0 Å². The third-order valence-corrected chi connectivity index (χ3v) is 2.88. The molecule has 0 radical (unpaired) electrons. The van der Waals surface area contributed by atoms with Crippen molar-refractivity contribution in [2.75, 3.05) is 0 Å². The van der Waals surface area contributed by atoms with Crippen LogP contribution in [0.2, 0.25) is 10.0 Å². The monoisotopic (exact) mass is 324 g/mol. The van der Waals surface area contributed by atoms with Crippen LogP contribution in [0.25, 0.3) is 0 Å². The SMILES string of the molecule is O=C(CC(=O)Oc1ccc(Cl)cc1)Oc1ccc(Cl)cc1. The van der Waals surface area contributed by atoms with Crippen molar-refractivity contribution in [3.8, 4) is 11.5 Å². The number of hydrogen-bond acceptors (Lipinski definition) is 4. The molecular formula is C15H10Cl2O4. The van der Waals surface area contributed by atoms with Crippen molar-refractivity contribution in [3.63, 3.8) is 0 Å². The first-order valence-corrected chi connectivity index (χ1v) is 6.71. The van der Waals surface area contributed by atoms with Gasteiger partial charge in [0, 0.05) is 10.0 Å². The highest BCUT2D eigenvalue weighted by atomic mass is 35.5. The van der Waals surface area contributed by atoms with Crippen LogP contribution < -0.4 is 9.47 Å². The summed E-state index contributed by atoms with van der Waals surface area (Å²) in [7, 11) is 0. The third-order valence-electron chi connectivity index (χ3n) is 2.38. The van der Waals surface area contributed by atoms with E-state index in [1.807, 2.05) is 0 Å². The van der Waals surface area contributed by atoms with E-state index in [2.05, 4.69) is 0 Å². The zero-order valence-corrected chi connectivity index (χ0v) is 12.2. The standard InChI is InChI=1S/C15H10Cl2O4/c16-10-1-5-12(6-2-10)20-14(18)9-15(19)21-13-7-3-11(17)4-8-13/h1-8H,9H2. The Morgan fingerprint density at radius 2 is 1.05 bits per heavy atom. The predicted molar refractivity (Wildman–Crippen MR) is 78.8 cm³/mol. The maximum atomic E-state index is 11.6. The number of benzene rings is 2. The third kappa shape index (κ3) is 5.10. The number of ether oxygens (including phenoxy) is 2. The minimum absolute atomic E-state index is 0.309. The van der Waals surface area contributed by atoms with Crippen molar-refractivity contribution in [1.82, 2.24) is 0 Å². The molecule has 0 aliphatic rings. The van der Waals surface area contributed by atoms with Crippen LogP contribution in [0.3, 0.4) is 0 Å². The predicted octanol–water partition coefficient (Wildman–Crippen LogP) is 3.89. The van der Waals surface area contributed by atoms with Crippen LogP contribution in [0.15, 0.2) is 48.5 Å². The van der Waals surface area contributed by atoms with E-state index in [9.17, 15) is 9.59 Å². The minimum atomic E-state index is -0.712. The summed E-state index contributed by atoms with van der Waals surface area (Å²) in [5.74, 6) is -0.806. The zero-order valence-electron chi connectivity index (χ0n) is 10.7. The van der Waals surface area contributed by atoms with E-state index in [1.165, 1.54) is 24.3 Å². The largest absolute Gasteiger partial charge is 0.426 e. The molecule has 0 N–H and O–H groups in total. The van der Waals surface area contributed by atoms with E-state index < -0.39 is 18.4 Å². The van der Waals surface area contributed by atoms with Crippen LogP contribution in [-0.4, -0.2) is 11.9 Å². The van der Waals surface area contributed by atoms with E-state index in [0.29, 0.717) is 21.5 Å². The lowest BCUT2D eigenvalue weighted by atomic mass is 10.3. The van der Waals surface area contributed by atoms with Crippen molar-refractivity contribution in [2.45, 2.75) is 6.42 Å². The maximum Gasteiger partial charge on any atom is 0.322 e. The van der Waals surface area contributed by atoms with Crippen molar-refractivity contribution < 1.29 is 19.1 Å². The second-order valence-electron chi connectivity index (χ2n) is 4.03. The molecule has 0 aromatic heterocycles. The Morgan fingerprint density at radius 1 is 0.714 bits per heavy atom. The maximum absolute atomic E-state index is 11.6. The first kappa shape index (κ1) is 15.4. The lowest BCUT2D eigenvalue weighted by molar-refractivity contribution is -0.144. The Balaban J connectivity index is 1.85. The van der Waals surface area contributed by atoms with Gasteiger partial charge in [-0.3, -0.25) is 9.59 Å². The molecule has 0 unspecified atom stereocenters. The number of carbonyl (C=O) groups is 2. The molecule has 0 bridgehead atoms. The normalized spacial score (nSPS) is 10.0. The fraction of sp³-hybridized carbons (Fsp3) is 0.0667. The van der Waals surface area contributed by atoms with Crippen LogP contribution in [0.4, 0.5) is 0 Å². The fourth-order valence-corrected chi connectivity index (χ4v) is 1.71. The fourth-order valence-electron chi connectivity index (χ4n) is 1.46. The van der Waals surface area contributed by atoms with Crippen molar-refractivity contribution in [2.24, 2.45) is 0 Å². The van der Waals surface area contributed by atoms with E-state index in [-0.39, 0.29) is 0 Å². The van der Waals surface area contributed by atoms with E-state index in [0.717, 1.165) is 0 Å². The Labute approximate surface area is 131 Å². The Bertz CT molecular complexity index is 578. The molecule has 2 aromatic carbocycles. The van der Waals surface area contributed by atoms with Crippen LogP contribution in [0, 0.1) is 0 Å². The molecular weight excluding hydrogens is 315 g/mol. The average Bonchev–Trinajstić information content (AvgIpc) is 2.44. The van der Waals surface area contributed by atoms with Gasteiger partial charge in [-0.2, -0.15) is 0 Å². The van der Waals surface area contributed by atoms with Gasteiger partial charge in [0.05, 0.1) is 0 Å². The summed E-state index contributed by atoms with van der Waals surface area (Å²) in [4.78, 5) is 23.1. The topological polar surface area (TPSA) is 52.6 Å². The zero-order chi connectivity index (χ0) is 15.2. The summed E-state index contributed by atoms with van der Waals surface area (Å²) in [5.41, 5.74) is 0. The lowest BCUT2D eigenvalue weighted by Gasteiger charge is -2.05. The number of carbonyl (C=O) groups excluding carboxylic acids is 2. The highest BCUT2D eigenvalue weighted by Gasteiger charge is 2.14. The molecule has 0 spiro atoms. The van der Waals surface area contributed by atoms with Gasteiger partial charge in [0.15, 0.2) is 0 Å². The number of hydrogen-bond donors (Lipinski definition) is 0. The van der Waals surface area contributed by atoms with Crippen molar-refractivity contribution >= 4 is 35.1 Å². The summed E-state index contributed by atoms with van der Waals surface area (Å²) in [6.45, 7) is 0. The van der Waals surface area contributed by atoms with Gasteiger partial charge in [-0.05, 0) is 48.5 Å². The summed E-state index contributed by atoms with van der Waals surface area (Å²) in [6, 6.07) is 12.4. The van der Waals surface area contributed by atoms with E-state index >= 15 is 0 Å². The minimum Gasteiger partial charge on any atom is -0.426 e. The Kier molecular flexibility index (Phi) is 5.20. The molecule has 0 aliphatic carbocycles. The van der Waals surface area contributed by atoms with Crippen LogP contribution in [0.1, 0.15) is 6.42 Å². The molecule has 0 heterocycles. The van der Waals surface area contributed by atoms with Crippen LogP contribution >= 0.6 is 23.2 Å². The molecule has 0 amide bonds. The Hall–Kier alpha value is -2.04. The highest BCUT2D eigenvalue weighted by molar-refractivity contribution is 6.30. The van der Waals surface area contributed by atoms with Gasteiger partial charge in [-0.15, -0.1) is 0 Å². The van der Waals surface area contributed by atoms with Gasteiger partial charge in [0.25, 0.3) is 0 Å². The molecule has 6 heteroatoms. The van der Waals surface area contributed by atoms with Crippen LogP contribution in [-0.2, 0) is 9.59 Å². The molecule has 0 atom stereocenters. The molecule has 0 fully saturated rings. The number of halogens is 2. The molecule has 0 aliphatic heterocycles. The van der Waals surface area contributed by atoms with Gasteiger partial charge in [0.2, 0.25) is 0 Å². The quantitative estimate of drug-likeness (QED) is 0.486.